The maximum absolute atomic E-state index is 11.4. The summed E-state index contributed by atoms with van der Waals surface area (Å²) in [5.74, 6) is -0.0603. The molecule has 0 bridgehead atoms. The highest BCUT2D eigenvalue weighted by Crippen LogP contribution is 2.22. The summed E-state index contributed by atoms with van der Waals surface area (Å²) in [6.45, 7) is 6.79. The molecule has 7 nitrogen and oxygen atoms in total. The Morgan fingerprint density at radius 2 is 2.25 bits per heavy atom. The zero-order chi connectivity index (χ0) is 14.5. The van der Waals surface area contributed by atoms with Crippen LogP contribution in [0.5, 0.6) is 0 Å². The molecule has 108 valence electrons. The Labute approximate surface area is 120 Å². The van der Waals surface area contributed by atoms with Gasteiger partial charge in [0.15, 0.2) is 0 Å². The van der Waals surface area contributed by atoms with Gasteiger partial charge in [-0.1, -0.05) is 16.9 Å². The largest absolute Gasteiger partial charge is 0.459 e. The summed E-state index contributed by atoms with van der Waals surface area (Å²) in [5.41, 5.74) is 2.05. The first-order chi connectivity index (χ1) is 9.63. The van der Waals surface area contributed by atoms with Crippen molar-refractivity contribution in [2.24, 2.45) is 0 Å². The number of carbonyl (C=O) groups is 1. The average molecular weight is 296 g/mol. The predicted molar refractivity (Wildman–Crippen MR) is 72.5 cm³/mol. The van der Waals surface area contributed by atoms with E-state index in [1.165, 1.54) is 11.8 Å². The van der Waals surface area contributed by atoms with Gasteiger partial charge in [0.05, 0.1) is 12.3 Å². The van der Waals surface area contributed by atoms with Gasteiger partial charge < -0.3 is 9.15 Å². The van der Waals surface area contributed by atoms with Gasteiger partial charge in [-0.2, -0.15) is 5.10 Å². The van der Waals surface area contributed by atoms with Crippen molar-refractivity contribution in [2.75, 3.05) is 6.61 Å². The van der Waals surface area contributed by atoms with Crippen LogP contribution >= 0.6 is 11.8 Å². The lowest BCUT2D eigenvalue weighted by molar-refractivity contribution is 0.0475. The number of hydrogen-bond donors (Lipinski definition) is 0. The number of carbonyl (C=O) groups excluding carboxylic acids is 1. The van der Waals surface area contributed by atoms with Crippen molar-refractivity contribution in [3.05, 3.63) is 23.3 Å². The smallest absolute Gasteiger partial charge is 0.396 e. The molecule has 0 radical (unpaired) electrons. The summed E-state index contributed by atoms with van der Waals surface area (Å²) in [6, 6.07) is 2.01. The molecule has 2 aromatic heterocycles. The number of aromatic nitrogens is 4. The summed E-state index contributed by atoms with van der Waals surface area (Å²) in [5, 5.41) is 12.2. The molecule has 2 heterocycles. The summed E-state index contributed by atoms with van der Waals surface area (Å²) < 4.78 is 11.9. The zero-order valence-corrected chi connectivity index (χ0v) is 12.4. The van der Waals surface area contributed by atoms with Crippen LogP contribution in [-0.4, -0.2) is 32.6 Å². The lowest BCUT2D eigenvalue weighted by Gasteiger charge is -2.01. The minimum absolute atomic E-state index is 0.116. The first-order valence-electron chi connectivity index (χ1n) is 6.30. The van der Waals surface area contributed by atoms with Crippen molar-refractivity contribution in [1.29, 1.82) is 0 Å². The number of esters is 1. The van der Waals surface area contributed by atoms with E-state index in [1.54, 1.807) is 6.92 Å². The number of aryl methyl sites for hydroxylation is 2. The standard InChI is InChI=1S/C12H16N4O3S/c1-4-16-9(6-8(3)15-16)7-20-12-14-13-10(19-12)11(17)18-5-2/h6H,4-5,7H2,1-3H3. The number of ether oxygens (including phenoxy) is 1. The molecule has 0 saturated heterocycles. The molecule has 0 aliphatic carbocycles. The minimum atomic E-state index is -0.596. The van der Waals surface area contributed by atoms with Crippen LogP contribution in [0.1, 0.15) is 35.9 Å². The fraction of sp³-hybridized carbons (Fsp3) is 0.500. The van der Waals surface area contributed by atoms with E-state index in [1.807, 2.05) is 24.6 Å². The van der Waals surface area contributed by atoms with E-state index < -0.39 is 5.97 Å². The molecule has 0 fully saturated rings. The molecular formula is C12H16N4O3S. The van der Waals surface area contributed by atoms with Crippen LogP contribution < -0.4 is 0 Å². The van der Waals surface area contributed by atoms with E-state index in [-0.39, 0.29) is 12.5 Å². The number of thioether (sulfide) groups is 1. The van der Waals surface area contributed by atoms with Gasteiger partial charge in [-0.05, 0) is 26.8 Å². The first kappa shape index (κ1) is 14.6. The van der Waals surface area contributed by atoms with Crippen molar-refractivity contribution < 1.29 is 13.9 Å². The van der Waals surface area contributed by atoms with Gasteiger partial charge >= 0.3 is 11.9 Å². The Morgan fingerprint density at radius 3 is 2.95 bits per heavy atom. The molecule has 2 aromatic rings. The third-order valence-electron chi connectivity index (χ3n) is 2.49. The van der Waals surface area contributed by atoms with Crippen LogP contribution in [0, 0.1) is 6.92 Å². The summed E-state index contributed by atoms with van der Waals surface area (Å²) in [4.78, 5) is 11.4. The second-order valence-electron chi connectivity index (χ2n) is 3.98. The molecule has 0 amide bonds. The summed E-state index contributed by atoms with van der Waals surface area (Å²) in [7, 11) is 0. The second kappa shape index (κ2) is 6.56. The number of nitrogens with zero attached hydrogens (tertiary/aromatic N) is 4. The van der Waals surface area contributed by atoms with Crippen LogP contribution in [0.2, 0.25) is 0 Å². The lowest BCUT2D eigenvalue weighted by Crippen LogP contribution is -2.04. The van der Waals surface area contributed by atoms with Crippen molar-refractivity contribution in [3.8, 4) is 0 Å². The second-order valence-corrected chi connectivity index (χ2v) is 4.90. The molecule has 20 heavy (non-hydrogen) atoms. The Morgan fingerprint density at radius 1 is 1.45 bits per heavy atom. The molecule has 0 atom stereocenters. The minimum Gasteiger partial charge on any atom is -0.459 e. The van der Waals surface area contributed by atoms with E-state index in [0.29, 0.717) is 11.0 Å². The van der Waals surface area contributed by atoms with E-state index >= 15 is 0 Å². The van der Waals surface area contributed by atoms with Gasteiger partial charge in [-0.25, -0.2) is 4.79 Å². The van der Waals surface area contributed by atoms with Gasteiger partial charge in [0, 0.05) is 18.0 Å². The Hall–Kier alpha value is -1.83. The Balaban J connectivity index is 1.99. The monoisotopic (exact) mass is 296 g/mol. The van der Waals surface area contributed by atoms with E-state index in [4.69, 9.17) is 9.15 Å². The highest BCUT2D eigenvalue weighted by Gasteiger charge is 2.16. The van der Waals surface area contributed by atoms with Gasteiger partial charge in [-0.15, -0.1) is 5.10 Å². The highest BCUT2D eigenvalue weighted by molar-refractivity contribution is 7.98. The number of rotatable bonds is 6. The summed E-state index contributed by atoms with van der Waals surface area (Å²) >= 11 is 1.36. The van der Waals surface area contributed by atoms with E-state index in [9.17, 15) is 4.79 Å². The van der Waals surface area contributed by atoms with Crippen molar-refractivity contribution in [1.82, 2.24) is 20.0 Å². The fourth-order valence-corrected chi connectivity index (χ4v) is 2.41. The highest BCUT2D eigenvalue weighted by atomic mass is 32.2. The van der Waals surface area contributed by atoms with Crippen LogP contribution in [-0.2, 0) is 17.0 Å². The molecule has 0 spiro atoms. The fourth-order valence-electron chi connectivity index (χ4n) is 1.67. The molecular weight excluding hydrogens is 280 g/mol. The normalized spacial score (nSPS) is 10.8. The van der Waals surface area contributed by atoms with E-state index in [0.717, 1.165) is 17.9 Å². The summed E-state index contributed by atoms with van der Waals surface area (Å²) in [6.07, 6.45) is 0. The van der Waals surface area contributed by atoms with Crippen molar-refractivity contribution >= 4 is 17.7 Å². The van der Waals surface area contributed by atoms with Gasteiger partial charge in [0.1, 0.15) is 0 Å². The maximum Gasteiger partial charge on any atom is 0.396 e. The maximum atomic E-state index is 11.4. The molecule has 0 saturated carbocycles. The third kappa shape index (κ3) is 3.38. The number of hydrogen-bond acceptors (Lipinski definition) is 7. The van der Waals surface area contributed by atoms with Gasteiger partial charge in [0.25, 0.3) is 5.22 Å². The van der Waals surface area contributed by atoms with Crippen LogP contribution in [0.3, 0.4) is 0 Å². The topological polar surface area (TPSA) is 83.0 Å². The molecule has 2 rings (SSSR count). The Kier molecular flexibility index (Phi) is 4.78. The van der Waals surface area contributed by atoms with E-state index in [2.05, 4.69) is 15.3 Å². The SMILES string of the molecule is CCOC(=O)c1nnc(SCc2cc(C)nn2CC)o1. The molecule has 0 aliphatic rings. The quantitative estimate of drug-likeness (QED) is 0.596. The van der Waals surface area contributed by atoms with Crippen molar-refractivity contribution in [3.63, 3.8) is 0 Å². The zero-order valence-electron chi connectivity index (χ0n) is 11.6. The Bertz CT molecular complexity index is 593. The van der Waals surface area contributed by atoms with Gasteiger partial charge in [0.2, 0.25) is 0 Å². The van der Waals surface area contributed by atoms with Gasteiger partial charge in [-0.3, -0.25) is 4.68 Å². The van der Waals surface area contributed by atoms with Crippen LogP contribution in [0.25, 0.3) is 0 Å². The van der Waals surface area contributed by atoms with Crippen LogP contribution in [0.4, 0.5) is 0 Å². The average Bonchev–Trinajstić information content (AvgIpc) is 3.02. The molecule has 0 aromatic carbocycles. The molecule has 8 heteroatoms. The predicted octanol–water partition coefficient (Wildman–Crippen LogP) is 2.06. The lowest BCUT2D eigenvalue weighted by atomic mass is 10.4. The molecule has 0 N–H and O–H groups in total. The third-order valence-corrected chi connectivity index (χ3v) is 3.34. The van der Waals surface area contributed by atoms with Crippen molar-refractivity contribution in [2.45, 2.75) is 38.3 Å². The molecule has 0 unspecified atom stereocenters. The first-order valence-corrected chi connectivity index (χ1v) is 7.29. The van der Waals surface area contributed by atoms with Crippen LogP contribution in [0.15, 0.2) is 15.7 Å². The molecule has 0 aliphatic heterocycles.